The Hall–Kier alpha value is -2.83. The monoisotopic (exact) mass is 424 g/mol. The highest BCUT2D eigenvalue weighted by Gasteiger charge is 2.29. The summed E-state index contributed by atoms with van der Waals surface area (Å²) in [6.45, 7) is 7.33. The van der Waals surface area contributed by atoms with Gasteiger partial charge < -0.3 is 15.5 Å². The van der Waals surface area contributed by atoms with Crippen molar-refractivity contribution in [2.45, 2.75) is 46.1 Å². The molecule has 1 saturated heterocycles. The summed E-state index contributed by atoms with van der Waals surface area (Å²) in [6, 6.07) is 10.3. The van der Waals surface area contributed by atoms with Gasteiger partial charge in [0, 0.05) is 63.9 Å². The second kappa shape index (κ2) is 11.0. The van der Waals surface area contributed by atoms with E-state index in [4.69, 9.17) is 0 Å². The Morgan fingerprint density at radius 2 is 1.97 bits per heavy atom. The minimum absolute atomic E-state index is 0.251. The van der Waals surface area contributed by atoms with E-state index in [1.807, 2.05) is 34.8 Å². The molecule has 1 aromatic carbocycles. The number of hydrogen-bond donors (Lipinski definition) is 2. The predicted molar refractivity (Wildman–Crippen MR) is 125 cm³/mol. The van der Waals surface area contributed by atoms with Crippen LogP contribution in [-0.4, -0.2) is 53.2 Å². The lowest BCUT2D eigenvalue weighted by molar-refractivity contribution is -0.127. The van der Waals surface area contributed by atoms with Gasteiger partial charge in [0.15, 0.2) is 5.96 Å². The minimum atomic E-state index is 0.251. The van der Waals surface area contributed by atoms with Crippen LogP contribution < -0.4 is 10.6 Å². The van der Waals surface area contributed by atoms with Crippen LogP contribution in [0.3, 0.4) is 0 Å². The van der Waals surface area contributed by atoms with Crippen LogP contribution in [0, 0.1) is 5.92 Å². The Morgan fingerprint density at radius 3 is 2.65 bits per heavy atom. The maximum atomic E-state index is 12.4. The maximum absolute atomic E-state index is 12.4. The highest BCUT2D eigenvalue weighted by molar-refractivity contribution is 5.81. The van der Waals surface area contributed by atoms with E-state index in [0.717, 1.165) is 50.6 Å². The van der Waals surface area contributed by atoms with Crippen LogP contribution in [0.2, 0.25) is 0 Å². The van der Waals surface area contributed by atoms with Gasteiger partial charge in [0.2, 0.25) is 5.91 Å². The quantitative estimate of drug-likeness (QED) is 0.479. The summed E-state index contributed by atoms with van der Waals surface area (Å²) in [4.78, 5) is 18.8. The highest BCUT2D eigenvalue weighted by atomic mass is 16.2. The van der Waals surface area contributed by atoms with Crippen molar-refractivity contribution in [3.63, 3.8) is 0 Å². The molecule has 1 aromatic heterocycles. The fraction of sp³-hybridized carbons (Fsp3) is 0.542. The van der Waals surface area contributed by atoms with Crippen LogP contribution in [0.5, 0.6) is 0 Å². The average molecular weight is 425 g/mol. The van der Waals surface area contributed by atoms with Crippen LogP contribution in [-0.2, 0) is 37.6 Å². The second-order valence-corrected chi connectivity index (χ2v) is 8.15. The molecule has 168 valence electrons. The Balaban J connectivity index is 1.47. The highest BCUT2D eigenvalue weighted by Crippen LogP contribution is 2.18. The summed E-state index contributed by atoms with van der Waals surface area (Å²) in [5.74, 6) is 1.32. The number of benzene rings is 1. The zero-order valence-corrected chi connectivity index (χ0v) is 19.3. The number of aromatic nitrogens is 2. The Kier molecular flexibility index (Phi) is 8.09. The first-order valence-corrected chi connectivity index (χ1v) is 11.3. The van der Waals surface area contributed by atoms with Crippen molar-refractivity contribution >= 4 is 11.9 Å². The van der Waals surface area contributed by atoms with Gasteiger partial charge in [0.25, 0.3) is 0 Å². The van der Waals surface area contributed by atoms with Crippen molar-refractivity contribution in [2.24, 2.45) is 18.0 Å². The number of carbonyl (C=O) groups is 1. The molecule has 1 fully saturated rings. The fourth-order valence-corrected chi connectivity index (χ4v) is 4.34. The minimum Gasteiger partial charge on any atom is -0.356 e. The van der Waals surface area contributed by atoms with Crippen LogP contribution in [0.4, 0.5) is 0 Å². The molecule has 0 bridgehead atoms. The van der Waals surface area contributed by atoms with E-state index in [0.29, 0.717) is 18.9 Å². The summed E-state index contributed by atoms with van der Waals surface area (Å²) in [5, 5.41) is 11.5. The molecule has 3 rings (SSSR count). The molecule has 0 saturated carbocycles. The van der Waals surface area contributed by atoms with Crippen molar-refractivity contribution in [1.82, 2.24) is 25.3 Å². The first-order chi connectivity index (χ1) is 15.0. The van der Waals surface area contributed by atoms with Crippen molar-refractivity contribution in [1.29, 1.82) is 0 Å². The summed E-state index contributed by atoms with van der Waals surface area (Å²) in [6.07, 6.45) is 3.37. The van der Waals surface area contributed by atoms with Gasteiger partial charge >= 0.3 is 0 Å². The number of hydrogen-bond acceptors (Lipinski definition) is 3. The van der Waals surface area contributed by atoms with Gasteiger partial charge in [-0.3, -0.25) is 14.5 Å². The molecule has 7 heteroatoms. The van der Waals surface area contributed by atoms with Crippen molar-refractivity contribution in [3.8, 4) is 0 Å². The van der Waals surface area contributed by atoms with Gasteiger partial charge in [-0.1, -0.05) is 44.2 Å². The Labute approximate surface area is 185 Å². The van der Waals surface area contributed by atoms with Crippen LogP contribution >= 0.6 is 0 Å². The molecule has 1 unspecified atom stereocenters. The van der Waals surface area contributed by atoms with Crippen LogP contribution in [0.15, 0.2) is 35.3 Å². The van der Waals surface area contributed by atoms with Gasteiger partial charge in [-0.25, -0.2) is 0 Å². The Bertz CT molecular complexity index is 889. The summed E-state index contributed by atoms with van der Waals surface area (Å²) < 4.78 is 1.99. The molecule has 1 aliphatic heterocycles. The van der Waals surface area contributed by atoms with Gasteiger partial charge in [-0.2, -0.15) is 5.10 Å². The Morgan fingerprint density at radius 1 is 1.19 bits per heavy atom. The van der Waals surface area contributed by atoms with Crippen molar-refractivity contribution in [2.75, 3.05) is 26.7 Å². The van der Waals surface area contributed by atoms with E-state index in [1.165, 1.54) is 16.8 Å². The first-order valence-electron chi connectivity index (χ1n) is 11.3. The van der Waals surface area contributed by atoms with Crippen molar-refractivity contribution in [3.05, 3.63) is 52.8 Å². The van der Waals surface area contributed by atoms with Gasteiger partial charge in [-0.05, 0) is 24.8 Å². The van der Waals surface area contributed by atoms with Gasteiger partial charge in [0.05, 0.1) is 5.69 Å². The molecular weight excluding hydrogens is 388 g/mol. The lowest BCUT2D eigenvalue weighted by atomic mass is 10.1. The number of likely N-dealkylation sites (tertiary alicyclic amines) is 1. The number of aliphatic imine (C=N–C) groups is 1. The lowest BCUT2D eigenvalue weighted by Crippen LogP contribution is -2.40. The molecule has 2 N–H and O–H groups in total. The summed E-state index contributed by atoms with van der Waals surface area (Å²) in [7, 11) is 3.79. The number of amides is 1. The molecule has 1 atom stereocenters. The number of aryl methyl sites for hydroxylation is 2. The number of rotatable bonds is 9. The molecule has 1 aliphatic rings. The standard InChI is InChI=1S/C24H36N6O/c1-5-21-20(22(6-2)29(4)28-21)16-27-24(25-3)26-15-19-14-23(31)30(17-19)13-12-18-10-8-7-9-11-18/h7-11,19H,5-6,12-17H2,1-4H3,(H2,25,26,27). The molecule has 2 aromatic rings. The number of guanidine groups is 1. The van der Waals surface area contributed by atoms with Gasteiger partial charge in [0.1, 0.15) is 0 Å². The SMILES string of the molecule is CCc1nn(C)c(CC)c1CNC(=NC)NCC1CC(=O)N(CCc2ccccc2)C1. The first kappa shape index (κ1) is 22.8. The van der Waals surface area contributed by atoms with E-state index in [-0.39, 0.29) is 5.91 Å². The van der Waals surface area contributed by atoms with Crippen LogP contribution in [0.1, 0.15) is 42.8 Å². The molecule has 0 spiro atoms. The second-order valence-electron chi connectivity index (χ2n) is 8.15. The molecule has 0 aliphatic carbocycles. The van der Waals surface area contributed by atoms with E-state index >= 15 is 0 Å². The molecule has 2 heterocycles. The third-order valence-electron chi connectivity index (χ3n) is 6.05. The third-order valence-corrected chi connectivity index (χ3v) is 6.05. The van der Waals surface area contributed by atoms with Crippen LogP contribution in [0.25, 0.3) is 0 Å². The van der Waals surface area contributed by atoms with E-state index in [9.17, 15) is 4.79 Å². The average Bonchev–Trinajstić information content (AvgIpc) is 3.30. The number of nitrogens with one attached hydrogen (secondary N) is 2. The summed E-state index contributed by atoms with van der Waals surface area (Å²) in [5.41, 5.74) is 4.93. The predicted octanol–water partition coefficient (Wildman–Crippen LogP) is 2.30. The summed E-state index contributed by atoms with van der Waals surface area (Å²) >= 11 is 0. The number of nitrogens with zero attached hydrogens (tertiary/aromatic N) is 4. The van der Waals surface area contributed by atoms with Gasteiger partial charge in [-0.15, -0.1) is 0 Å². The zero-order valence-electron chi connectivity index (χ0n) is 19.3. The normalized spacial score (nSPS) is 16.8. The third kappa shape index (κ3) is 5.87. The molecular formula is C24H36N6O. The number of carbonyl (C=O) groups excluding carboxylic acids is 1. The molecule has 1 amide bonds. The molecule has 31 heavy (non-hydrogen) atoms. The van der Waals surface area contributed by atoms with E-state index < -0.39 is 0 Å². The maximum Gasteiger partial charge on any atom is 0.223 e. The lowest BCUT2D eigenvalue weighted by Gasteiger charge is -2.18. The topological polar surface area (TPSA) is 74.5 Å². The van der Waals surface area contributed by atoms with E-state index in [2.05, 4.69) is 46.7 Å². The van der Waals surface area contributed by atoms with E-state index in [1.54, 1.807) is 7.05 Å². The van der Waals surface area contributed by atoms with Crippen molar-refractivity contribution < 1.29 is 4.79 Å². The zero-order chi connectivity index (χ0) is 22.2. The largest absolute Gasteiger partial charge is 0.356 e. The molecule has 0 radical (unpaired) electrons. The fourth-order valence-electron chi connectivity index (χ4n) is 4.34. The smallest absolute Gasteiger partial charge is 0.223 e. The molecule has 7 nitrogen and oxygen atoms in total.